The highest BCUT2D eigenvalue weighted by Crippen LogP contribution is 2.56. The SMILES string of the molecule is Cc1cc(C)c2c(c1)C(=O)C(CCS(=O)O)(CCS(C)(=O)=O)C1(CCCCC1)O2. The van der Waals surface area contributed by atoms with Crippen molar-refractivity contribution in [3.05, 3.63) is 28.8 Å². The lowest BCUT2D eigenvalue weighted by Crippen LogP contribution is -2.61. The van der Waals surface area contributed by atoms with Crippen molar-refractivity contribution < 1.29 is 26.7 Å². The molecule has 1 fully saturated rings. The van der Waals surface area contributed by atoms with Gasteiger partial charge < -0.3 is 9.29 Å². The number of benzene rings is 1. The zero-order chi connectivity index (χ0) is 21.4. The maximum atomic E-state index is 14.0. The van der Waals surface area contributed by atoms with Crippen LogP contribution in [-0.4, -0.2) is 46.3 Å². The number of rotatable bonds is 6. The predicted octanol–water partition coefficient (Wildman–Crippen LogP) is 3.61. The highest BCUT2D eigenvalue weighted by Gasteiger charge is 2.61. The number of ether oxygens (including phenoxy) is 1. The van der Waals surface area contributed by atoms with E-state index < -0.39 is 31.9 Å². The van der Waals surface area contributed by atoms with Gasteiger partial charge in [0.25, 0.3) is 0 Å². The van der Waals surface area contributed by atoms with Crippen molar-refractivity contribution in [2.24, 2.45) is 5.41 Å². The molecule has 0 saturated heterocycles. The maximum Gasteiger partial charge on any atom is 0.176 e. The average molecular weight is 443 g/mol. The van der Waals surface area contributed by atoms with Crippen LogP contribution in [-0.2, 0) is 20.9 Å². The Morgan fingerprint density at radius 2 is 1.79 bits per heavy atom. The Hall–Kier alpha value is -1.25. The van der Waals surface area contributed by atoms with E-state index >= 15 is 0 Å². The molecule has 1 aliphatic carbocycles. The number of sulfone groups is 1. The lowest BCUT2D eigenvalue weighted by Gasteiger charge is -2.54. The molecule has 162 valence electrons. The van der Waals surface area contributed by atoms with Crippen LogP contribution in [0.5, 0.6) is 5.75 Å². The Morgan fingerprint density at radius 1 is 1.14 bits per heavy atom. The second-order valence-electron chi connectivity index (χ2n) is 8.68. The zero-order valence-electron chi connectivity index (χ0n) is 17.3. The first-order chi connectivity index (χ1) is 13.5. The molecule has 3 rings (SSSR count). The Labute approximate surface area is 175 Å². The van der Waals surface area contributed by atoms with Crippen molar-refractivity contribution in [2.45, 2.75) is 64.4 Å². The fraction of sp³-hybridized carbons (Fsp3) is 0.667. The molecule has 0 aromatic heterocycles. The van der Waals surface area contributed by atoms with Gasteiger partial charge in [-0.3, -0.25) is 4.79 Å². The molecule has 1 N–H and O–H groups in total. The molecule has 1 aromatic rings. The molecule has 8 heteroatoms. The van der Waals surface area contributed by atoms with Gasteiger partial charge >= 0.3 is 0 Å². The van der Waals surface area contributed by atoms with Crippen molar-refractivity contribution >= 4 is 26.7 Å². The first-order valence-corrected chi connectivity index (χ1v) is 13.4. The molecule has 2 atom stereocenters. The summed E-state index contributed by atoms with van der Waals surface area (Å²) in [4.78, 5) is 14.0. The topological polar surface area (TPSA) is 97.7 Å². The van der Waals surface area contributed by atoms with E-state index in [-0.39, 0.29) is 30.1 Å². The largest absolute Gasteiger partial charge is 0.485 e. The highest BCUT2D eigenvalue weighted by atomic mass is 32.2. The summed E-state index contributed by atoms with van der Waals surface area (Å²) < 4.78 is 51.7. The standard InChI is InChI=1S/C21H30O6S2/c1-15-13-16(2)18-17(14-15)19(22)20(9-11-28(23)24,10-12-29(3,25)26)21(27-18)7-5-4-6-8-21/h13-14H,4-12H2,1-3H3,(H,23,24). The van der Waals surface area contributed by atoms with E-state index in [0.29, 0.717) is 24.2 Å². The van der Waals surface area contributed by atoms with E-state index in [1.165, 1.54) is 0 Å². The molecule has 0 bridgehead atoms. The molecule has 2 unspecified atom stereocenters. The quantitative estimate of drug-likeness (QED) is 0.676. The monoisotopic (exact) mass is 442 g/mol. The molecule has 29 heavy (non-hydrogen) atoms. The van der Waals surface area contributed by atoms with Crippen LogP contribution in [0, 0.1) is 19.3 Å². The van der Waals surface area contributed by atoms with Gasteiger partial charge in [0.05, 0.1) is 22.5 Å². The number of fused-ring (bicyclic) bond motifs is 1. The maximum absolute atomic E-state index is 14.0. The van der Waals surface area contributed by atoms with Crippen LogP contribution in [0.1, 0.15) is 66.4 Å². The Morgan fingerprint density at radius 3 is 2.38 bits per heavy atom. The number of hydrogen-bond donors (Lipinski definition) is 1. The first-order valence-electron chi connectivity index (χ1n) is 10.1. The fourth-order valence-corrected chi connectivity index (χ4v) is 6.39. The average Bonchev–Trinajstić information content (AvgIpc) is 2.62. The van der Waals surface area contributed by atoms with Crippen molar-refractivity contribution in [2.75, 3.05) is 17.8 Å². The van der Waals surface area contributed by atoms with Crippen molar-refractivity contribution in [3.8, 4) is 5.75 Å². The van der Waals surface area contributed by atoms with E-state index in [1.807, 2.05) is 19.9 Å². The van der Waals surface area contributed by atoms with Gasteiger partial charge in [-0.2, -0.15) is 0 Å². The van der Waals surface area contributed by atoms with Gasteiger partial charge in [-0.15, -0.1) is 0 Å². The van der Waals surface area contributed by atoms with Gasteiger partial charge in [0.15, 0.2) is 16.9 Å². The predicted molar refractivity (Wildman–Crippen MR) is 114 cm³/mol. The Bertz CT molecular complexity index is 931. The third kappa shape index (κ3) is 4.30. The molecular weight excluding hydrogens is 412 g/mol. The van der Waals surface area contributed by atoms with Crippen LogP contribution in [0.15, 0.2) is 12.1 Å². The van der Waals surface area contributed by atoms with Crippen LogP contribution in [0.4, 0.5) is 0 Å². The summed E-state index contributed by atoms with van der Waals surface area (Å²) in [6.07, 6.45) is 5.50. The van der Waals surface area contributed by atoms with E-state index in [4.69, 9.17) is 4.74 Å². The third-order valence-electron chi connectivity index (χ3n) is 6.53. The number of hydrogen-bond acceptors (Lipinski definition) is 5. The Kier molecular flexibility index (Phi) is 6.28. The summed E-state index contributed by atoms with van der Waals surface area (Å²) in [7, 11) is -3.32. The molecule has 6 nitrogen and oxygen atoms in total. The molecule has 1 heterocycles. The van der Waals surface area contributed by atoms with E-state index in [1.54, 1.807) is 6.07 Å². The molecule has 1 aromatic carbocycles. The van der Waals surface area contributed by atoms with Crippen molar-refractivity contribution in [3.63, 3.8) is 0 Å². The zero-order valence-corrected chi connectivity index (χ0v) is 19.0. The van der Waals surface area contributed by atoms with E-state index in [0.717, 1.165) is 36.6 Å². The highest BCUT2D eigenvalue weighted by molar-refractivity contribution is 7.90. The van der Waals surface area contributed by atoms with Crippen LogP contribution in [0.2, 0.25) is 0 Å². The van der Waals surface area contributed by atoms with Crippen LogP contribution < -0.4 is 4.74 Å². The van der Waals surface area contributed by atoms with Gasteiger partial charge in [0, 0.05) is 6.26 Å². The molecule has 1 spiro atoms. The van der Waals surface area contributed by atoms with Gasteiger partial charge in [-0.05, 0) is 69.6 Å². The number of carbonyl (C=O) groups is 1. The van der Waals surface area contributed by atoms with Gasteiger partial charge in [-0.25, -0.2) is 12.6 Å². The molecule has 0 amide bonds. The molecule has 1 saturated carbocycles. The van der Waals surface area contributed by atoms with Crippen LogP contribution in [0.3, 0.4) is 0 Å². The second kappa shape index (κ2) is 8.12. The number of aryl methyl sites for hydroxylation is 2. The number of Topliss-reactive ketones (excluding diaryl/α,β-unsaturated/α-hetero) is 1. The summed E-state index contributed by atoms with van der Waals surface area (Å²) in [5.74, 6) is 0.215. The number of ketones is 1. The van der Waals surface area contributed by atoms with E-state index in [2.05, 4.69) is 0 Å². The second-order valence-corrected chi connectivity index (χ2v) is 12.0. The molecular formula is C21H30O6S2. The lowest BCUT2D eigenvalue weighted by atomic mass is 9.57. The number of carbonyl (C=O) groups excluding carboxylic acids is 1. The molecule has 1 aliphatic heterocycles. The minimum Gasteiger partial charge on any atom is -0.485 e. The van der Waals surface area contributed by atoms with Crippen LogP contribution >= 0.6 is 0 Å². The van der Waals surface area contributed by atoms with Gasteiger partial charge in [0.1, 0.15) is 21.2 Å². The summed E-state index contributed by atoms with van der Waals surface area (Å²) >= 11 is -2.08. The first kappa shape index (κ1) is 22.4. The normalized spacial score (nSPS) is 24.8. The minimum atomic E-state index is -3.32. The van der Waals surface area contributed by atoms with Crippen LogP contribution in [0.25, 0.3) is 0 Å². The summed E-state index contributed by atoms with van der Waals surface area (Å²) in [5, 5.41) is 0. The lowest BCUT2D eigenvalue weighted by molar-refractivity contribution is -0.0814. The third-order valence-corrected chi connectivity index (χ3v) is 8.03. The van der Waals surface area contributed by atoms with Crippen molar-refractivity contribution in [1.82, 2.24) is 0 Å². The van der Waals surface area contributed by atoms with E-state index in [9.17, 15) is 22.0 Å². The summed E-state index contributed by atoms with van der Waals surface area (Å²) in [5.41, 5.74) is 0.332. The fourth-order valence-electron chi connectivity index (χ4n) is 5.15. The summed E-state index contributed by atoms with van der Waals surface area (Å²) in [6.45, 7) is 3.83. The molecule has 0 radical (unpaired) electrons. The Balaban J connectivity index is 2.21. The van der Waals surface area contributed by atoms with Gasteiger partial charge in [0.2, 0.25) is 0 Å². The smallest absolute Gasteiger partial charge is 0.176 e. The van der Waals surface area contributed by atoms with Gasteiger partial charge in [-0.1, -0.05) is 12.5 Å². The summed E-state index contributed by atoms with van der Waals surface area (Å²) in [6, 6.07) is 3.78. The molecule has 2 aliphatic rings. The minimum absolute atomic E-state index is 0.0826. The van der Waals surface area contributed by atoms with Crippen molar-refractivity contribution in [1.29, 1.82) is 0 Å².